The number of hydrogen-bond donors (Lipinski definition) is 1. The van der Waals surface area contributed by atoms with Crippen molar-refractivity contribution in [2.24, 2.45) is 0 Å². The van der Waals surface area contributed by atoms with Crippen molar-refractivity contribution in [1.29, 1.82) is 5.26 Å². The van der Waals surface area contributed by atoms with Gasteiger partial charge in [-0.15, -0.1) is 0 Å². The number of nitriles is 1. The molecule has 0 aliphatic heterocycles. The van der Waals surface area contributed by atoms with E-state index in [-0.39, 0.29) is 11.5 Å². The van der Waals surface area contributed by atoms with E-state index < -0.39 is 5.25 Å². The van der Waals surface area contributed by atoms with E-state index in [4.69, 9.17) is 4.98 Å². The van der Waals surface area contributed by atoms with Crippen LogP contribution in [0.3, 0.4) is 0 Å². The van der Waals surface area contributed by atoms with Gasteiger partial charge in [-0.25, -0.2) is 4.98 Å². The number of benzene rings is 3. The molecule has 0 bridgehead atoms. The van der Waals surface area contributed by atoms with Crippen molar-refractivity contribution in [1.82, 2.24) is 9.55 Å². The molecular weight excluding hydrogens is 420 g/mol. The number of nitrogens with zero attached hydrogens (tertiary/aromatic N) is 3. The summed E-state index contributed by atoms with van der Waals surface area (Å²) < 4.78 is 1.56. The number of rotatable bonds is 5. The van der Waals surface area contributed by atoms with Gasteiger partial charge >= 0.3 is 0 Å². The van der Waals surface area contributed by atoms with Gasteiger partial charge in [0.05, 0.1) is 33.1 Å². The first kappa shape index (κ1) is 21.3. The summed E-state index contributed by atoms with van der Waals surface area (Å²) in [6.07, 6.45) is 0. The Labute approximate surface area is 189 Å². The normalized spacial score (nSPS) is 11.7. The van der Waals surface area contributed by atoms with E-state index in [0.29, 0.717) is 27.3 Å². The maximum absolute atomic E-state index is 13.4. The number of amides is 1. The molecule has 7 heteroatoms. The summed E-state index contributed by atoms with van der Waals surface area (Å²) in [4.78, 5) is 31.0. The Morgan fingerprint density at radius 3 is 2.53 bits per heavy atom. The number of para-hydroxylation sites is 3. The molecule has 1 heterocycles. The second-order valence-electron chi connectivity index (χ2n) is 7.25. The third kappa shape index (κ3) is 4.13. The number of aromatic nitrogens is 2. The quantitative estimate of drug-likeness (QED) is 0.359. The number of hydrogen-bond acceptors (Lipinski definition) is 5. The molecule has 4 rings (SSSR count). The van der Waals surface area contributed by atoms with Gasteiger partial charge < -0.3 is 5.32 Å². The van der Waals surface area contributed by atoms with Crippen molar-refractivity contribution in [3.05, 3.63) is 94.3 Å². The summed E-state index contributed by atoms with van der Waals surface area (Å²) in [5, 5.41) is 12.5. The molecule has 4 aromatic rings. The molecule has 1 aromatic heterocycles. The van der Waals surface area contributed by atoms with Crippen molar-refractivity contribution in [3.63, 3.8) is 0 Å². The van der Waals surface area contributed by atoms with Crippen LogP contribution in [0, 0.1) is 18.3 Å². The predicted octanol–water partition coefficient (Wildman–Crippen LogP) is 4.69. The molecule has 158 valence electrons. The van der Waals surface area contributed by atoms with Gasteiger partial charge in [0.1, 0.15) is 6.07 Å². The first-order valence-electron chi connectivity index (χ1n) is 10.0. The zero-order chi connectivity index (χ0) is 22.7. The van der Waals surface area contributed by atoms with E-state index in [1.807, 2.05) is 43.3 Å². The summed E-state index contributed by atoms with van der Waals surface area (Å²) >= 11 is 1.20. The zero-order valence-electron chi connectivity index (χ0n) is 17.6. The Hall–Kier alpha value is -3.89. The lowest BCUT2D eigenvalue weighted by Crippen LogP contribution is -2.26. The average molecular weight is 441 g/mol. The van der Waals surface area contributed by atoms with Gasteiger partial charge in [-0.2, -0.15) is 5.26 Å². The fraction of sp³-hybridized carbons (Fsp3) is 0.120. The number of thioether (sulfide) groups is 1. The highest BCUT2D eigenvalue weighted by Crippen LogP contribution is 2.27. The highest BCUT2D eigenvalue weighted by Gasteiger charge is 2.21. The van der Waals surface area contributed by atoms with Crippen LogP contribution in [0.2, 0.25) is 0 Å². The minimum Gasteiger partial charge on any atom is -0.324 e. The number of nitrogens with one attached hydrogen (secondary N) is 1. The lowest BCUT2D eigenvalue weighted by Gasteiger charge is -2.18. The first-order chi connectivity index (χ1) is 15.5. The molecule has 0 spiro atoms. The van der Waals surface area contributed by atoms with E-state index in [1.165, 1.54) is 11.8 Å². The van der Waals surface area contributed by atoms with Crippen LogP contribution in [0.4, 0.5) is 5.69 Å². The zero-order valence-corrected chi connectivity index (χ0v) is 18.4. The molecule has 6 nitrogen and oxygen atoms in total. The second kappa shape index (κ2) is 9.08. The number of carbonyl (C=O) groups is 1. The van der Waals surface area contributed by atoms with Gasteiger partial charge in [-0.1, -0.05) is 54.2 Å². The lowest BCUT2D eigenvalue weighted by molar-refractivity contribution is -0.115. The fourth-order valence-electron chi connectivity index (χ4n) is 3.35. The highest BCUT2D eigenvalue weighted by molar-refractivity contribution is 8.00. The van der Waals surface area contributed by atoms with Crippen LogP contribution in [0.5, 0.6) is 0 Å². The summed E-state index contributed by atoms with van der Waals surface area (Å²) in [5.74, 6) is -0.281. The van der Waals surface area contributed by atoms with Crippen LogP contribution in [-0.2, 0) is 4.79 Å². The summed E-state index contributed by atoms with van der Waals surface area (Å²) in [6.45, 7) is 3.68. The van der Waals surface area contributed by atoms with Gasteiger partial charge in [-0.3, -0.25) is 14.2 Å². The van der Waals surface area contributed by atoms with E-state index in [1.54, 1.807) is 47.9 Å². The largest absolute Gasteiger partial charge is 0.324 e. The molecule has 0 saturated carbocycles. The molecule has 1 unspecified atom stereocenters. The Balaban J connectivity index is 1.74. The number of carbonyl (C=O) groups excluding carboxylic acids is 1. The summed E-state index contributed by atoms with van der Waals surface area (Å²) in [6, 6.07) is 23.7. The van der Waals surface area contributed by atoms with Gasteiger partial charge in [0.25, 0.3) is 5.56 Å². The van der Waals surface area contributed by atoms with Crippen LogP contribution < -0.4 is 10.9 Å². The Morgan fingerprint density at radius 1 is 1.06 bits per heavy atom. The maximum Gasteiger partial charge on any atom is 0.266 e. The van der Waals surface area contributed by atoms with Crippen LogP contribution in [0.25, 0.3) is 16.6 Å². The molecule has 3 aromatic carbocycles. The van der Waals surface area contributed by atoms with Gasteiger partial charge in [-0.05, 0) is 49.7 Å². The van der Waals surface area contributed by atoms with Crippen LogP contribution >= 0.6 is 11.8 Å². The highest BCUT2D eigenvalue weighted by atomic mass is 32.2. The third-order valence-corrected chi connectivity index (χ3v) is 6.11. The van der Waals surface area contributed by atoms with Gasteiger partial charge in [0, 0.05) is 0 Å². The average Bonchev–Trinajstić information content (AvgIpc) is 2.80. The van der Waals surface area contributed by atoms with Crippen molar-refractivity contribution < 1.29 is 4.79 Å². The van der Waals surface area contributed by atoms with Crippen molar-refractivity contribution >= 4 is 34.3 Å². The molecule has 0 fully saturated rings. The van der Waals surface area contributed by atoms with Crippen molar-refractivity contribution in [2.45, 2.75) is 24.3 Å². The molecule has 32 heavy (non-hydrogen) atoms. The van der Waals surface area contributed by atoms with Crippen LogP contribution in [0.15, 0.2) is 82.7 Å². The second-order valence-corrected chi connectivity index (χ2v) is 8.55. The van der Waals surface area contributed by atoms with Gasteiger partial charge in [0.2, 0.25) is 5.91 Å². The molecule has 1 amide bonds. The third-order valence-electron chi connectivity index (χ3n) is 5.06. The first-order valence-corrected chi connectivity index (χ1v) is 10.9. The Bertz CT molecular complexity index is 1420. The minimum atomic E-state index is -0.565. The van der Waals surface area contributed by atoms with Crippen molar-refractivity contribution in [3.8, 4) is 11.8 Å². The van der Waals surface area contributed by atoms with Gasteiger partial charge in [0.15, 0.2) is 5.16 Å². The molecular formula is C25H20N4O2S. The molecule has 1 atom stereocenters. The SMILES string of the molecule is Cc1ccccc1-n1c(SC(C)C(=O)Nc2ccccc2C#N)nc2ccccc2c1=O. The molecule has 0 aliphatic carbocycles. The van der Waals surface area contributed by atoms with E-state index in [9.17, 15) is 14.9 Å². The van der Waals surface area contributed by atoms with Crippen LogP contribution in [0.1, 0.15) is 18.1 Å². The number of aryl methyl sites for hydroxylation is 1. The van der Waals surface area contributed by atoms with Crippen molar-refractivity contribution in [2.75, 3.05) is 5.32 Å². The van der Waals surface area contributed by atoms with E-state index >= 15 is 0 Å². The predicted molar refractivity (Wildman–Crippen MR) is 127 cm³/mol. The Morgan fingerprint density at radius 2 is 1.75 bits per heavy atom. The van der Waals surface area contributed by atoms with Crippen LogP contribution in [-0.4, -0.2) is 20.7 Å². The molecule has 0 aliphatic rings. The number of anilines is 1. The monoisotopic (exact) mass is 440 g/mol. The smallest absolute Gasteiger partial charge is 0.266 e. The fourth-order valence-corrected chi connectivity index (χ4v) is 4.27. The standard InChI is InChI=1S/C25H20N4O2S/c1-16-9-3-8-14-22(16)29-24(31)19-11-5-7-13-21(19)28-25(29)32-17(2)23(30)27-20-12-6-4-10-18(20)15-26/h3-14,17H,1-2H3,(H,27,30). The molecule has 0 saturated heterocycles. The minimum absolute atomic E-state index is 0.185. The Kier molecular flexibility index (Phi) is 6.06. The summed E-state index contributed by atoms with van der Waals surface area (Å²) in [7, 11) is 0. The van der Waals surface area contributed by atoms with E-state index in [0.717, 1.165) is 11.3 Å². The maximum atomic E-state index is 13.4. The topological polar surface area (TPSA) is 87.8 Å². The number of fused-ring (bicyclic) bond motifs is 1. The van der Waals surface area contributed by atoms with E-state index in [2.05, 4.69) is 11.4 Å². The summed E-state index contributed by atoms with van der Waals surface area (Å²) in [5.41, 5.74) is 2.88. The molecule has 0 radical (unpaired) electrons. The lowest BCUT2D eigenvalue weighted by atomic mass is 10.2. The molecule has 1 N–H and O–H groups in total.